The molecular formula is C22H19N3O2S2. The number of ether oxygens (including phenoxy) is 1. The summed E-state index contributed by atoms with van der Waals surface area (Å²) >= 11 is 6.36. The second kappa shape index (κ2) is 8.23. The number of nitrogens with one attached hydrogen (secondary N) is 1. The molecular weight excluding hydrogens is 402 g/mol. The van der Waals surface area contributed by atoms with E-state index < -0.39 is 0 Å². The summed E-state index contributed by atoms with van der Waals surface area (Å²) in [4.78, 5) is 12.7. The lowest BCUT2D eigenvalue weighted by Crippen LogP contribution is -2.17. The van der Waals surface area contributed by atoms with Gasteiger partial charge in [-0.25, -0.2) is 4.68 Å². The number of aromatic nitrogens is 2. The lowest BCUT2D eigenvalue weighted by Gasteiger charge is -2.09. The smallest absolute Gasteiger partial charge is 0.263 e. The molecule has 0 unspecified atom stereocenters. The molecule has 0 bridgehead atoms. The van der Waals surface area contributed by atoms with Crippen molar-refractivity contribution in [1.29, 1.82) is 0 Å². The van der Waals surface area contributed by atoms with Gasteiger partial charge in [0.25, 0.3) is 5.91 Å². The molecule has 4 rings (SSSR count). The van der Waals surface area contributed by atoms with Crippen LogP contribution in [0.2, 0.25) is 0 Å². The van der Waals surface area contributed by atoms with E-state index >= 15 is 0 Å². The minimum absolute atomic E-state index is 0.111. The molecule has 0 aliphatic carbocycles. The van der Waals surface area contributed by atoms with Gasteiger partial charge in [-0.1, -0.05) is 42.2 Å². The Kier molecular flexibility index (Phi) is 5.51. The van der Waals surface area contributed by atoms with Crippen molar-refractivity contribution in [2.45, 2.75) is 20.0 Å². The molecule has 0 atom stereocenters. The standard InChI is InChI=1S/C22H19N3O2S2/c1-14(2)27-18-10-8-15(9-11-18)20-16(12-19-21(26)23-22(28)29-19)13-25(24-20)17-6-4-3-5-7-17/h3-14H,1-2H3,(H,23,26,28). The summed E-state index contributed by atoms with van der Waals surface area (Å²) in [7, 11) is 0. The van der Waals surface area contributed by atoms with Crippen molar-refractivity contribution in [2.24, 2.45) is 0 Å². The molecule has 0 radical (unpaired) electrons. The third-order valence-electron chi connectivity index (χ3n) is 4.19. The minimum Gasteiger partial charge on any atom is -0.491 e. The molecule has 146 valence electrons. The first kappa shape index (κ1) is 19.4. The van der Waals surface area contributed by atoms with Crippen molar-refractivity contribution < 1.29 is 9.53 Å². The molecule has 1 aromatic heterocycles. The Morgan fingerprint density at radius 2 is 1.86 bits per heavy atom. The van der Waals surface area contributed by atoms with E-state index in [4.69, 9.17) is 22.1 Å². The highest BCUT2D eigenvalue weighted by molar-refractivity contribution is 8.26. The predicted octanol–water partition coefficient (Wildman–Crippen LogP) is 4.82. The molecule has 1 aliphatic rings. The fourth-order valence-corrected chi connectivity index (χ4v) is 3.99. The van der Waals surface area contributed by atoms with Gasteiger partial charge in [-0.2, -0.15) is 5.10 Å². The van der Waals surface area contributed by atoms with Crippen molar-refractivity contribution in [2.75, 3.05) is 0 Å². The number of hydrogen-bond acceptors (Lipinski definition) is 5. The van der Waals surface area contributed by atoms with Gasteiger partial charge in [0.2, 0.25) is 0 Å². The minimum atomic E-state index is -0.181. The molecule has 29 heavy (non-hydrogen) atoms. The Hall–Kier alpha value is -2.90. The fourth-order valence-electron chi connectivity index (χ4n) is 2.96. The maximum atomic E-state index is 12.1. The Balaban J connectivity index is 1.77. The number of amides is 1. The molecule has 1 amide bonds. The first-order valence-electron chi connectivity index (χ1n) is 9.16. The summed E-state index contributed by atoms with van der Waals surface area (Å²) in [5.74, 6) is 0.626. The molecule has 2 heterocycles. The van der Waals surface area contributed by atoms with Crippen LogP contribution in [0.4, 0.5) is 0 Å². The van der Waals surface area contributed by atoms with Crippen molar-refractivity contribution >= 4 is 40.3 Å². The van der Waals surface area contributed by atoms with Gasteiger partial charge in [-0.05, 0) is 56.3 Å². The average Bonchev–Trinajstić information content (AvgIpc) is 3.26. The quantitative estimate of drug-likeness (QED) is 0.473. The molecule has 2 aromatic carbocycles. The predicted molar refractivity (Wildman–Crippen MR) is 121 cm³/mol. The van der Waals surface area contributed by atoms with Crippen LogP contribution in [0.15, 0.2) is 65.7 Å². The lowest BCUT2D eigenvalue weighted by molar-refractivity contribution is -0.115. The zero-order chi connectivity index (χ0) is 20.4. The molecule has 5 nitrogen and oxygen atoms in total. The SMILES string of the molecule is CC(C)Oc1ccc(-c2nn(-c3ccccc3)cc2C=C2SC(=S)NC2=O)cc1. The number of para-hydroxylation sites is 1. The van der Waals surface area contributed by atoms with Crippen LogP contribution in [0.25, 0.3) is 23.0 Å². The van der Waals surface area contributed by atoms with Crippen LogP contribution in [0.5, 0.6) is 5.75 Å². The largest absolute Gasteiger partial charge is 0.491 e. The number of rotatable bonds is 5. The van der Waals surface area contributed by atoms with E-state index in [1.165, 1.54) is 11.8 Å². The van der Waals surface area contributed by atoms with E-state index in [-0.39, 0.29) is 12.0 Å². The van der Waals surface area contributed by atoms with Crippen molar-refractivity contribution in [3.63, 3.8) is 0 Å². The van der Waals surface area contributed by atoms with Crippen LogP contribution < -0.4 is 10.1 Å². The van der Waals surface area contributed by atoms with Gasteiger partial charge in [-0.3, -0.25) is 4.79 Å². The summed E-state index contributed by atoms with van der Waals surface area (Å²) in [6, 6.07) is 17.7. The molecule has 1 N–H and O–H groups in total. The Morgan fingerprint density at radius 1 is 1.14 bits per heavy atom. The second-order valence-corrected chi connectivity index (χ2v) is 8.48. The van der Waals surface area contributed by atoms with Crippen molar-refractivity contribution in [1.82, 2.24) is 15.1 Å². The van der Waals surface area contributed by atoms with Crippen LogP contribution in [0, 0.1) is 0 Å². The Bertz CT molecular complexity index is 1090. The van der Waals surface area contributed by atoms with E-state index in [1.54, 1.807) is 0 Å². The molecule has 0 spiro atoms. The van der Waals surface area contributed by atoms with Gasteiger partial charge in [-0.15, -0.1) is 0 Å². The average molecular weight is 422 g/mol. The molecule has 1 saturated heterocycles. The number of hydrogen-bond donors (Lipinski definition) is 1. The maximum Gasteiger partial charge on any atom is 0.263 e. The Labute approximate surface area is 178 Å². The number of thiocarbonyl (C=S) groups is 1. The maximum absolute atomic E-state index is 12.1. The summed E-state index contributed by atoms with van der Waals surface area (Å²) in [5, 5.41) is 7.44. The first-order valence-corrected chi connectivity index (χ1v) is 10.4. The van der Waals surface area contributed by atoms with Crippen LogP contribution >= 0.6 is 24.0 Å². The monoisotopic (exact) mass is 421 g/mol. The summed E-state index contributed by atoms with van der Waals surface area (Å²) in [6.45, 7) is 3.99. The zero-order valence-corrected chi connectivity index (χ0v) is 17.6. The number of carbonyl (C=O) groups excluding carboxylic acids is 1. The van der Waals surface area contributed by atoms with E-state index in [9.17, 15) is 4.79 Å². The fraction of sp³-hybridized carbons (Fsp3) is 0.136. The van der Waals surface area contributed by atoms with Crippen molar-refractivity contribution in [3.8, 4) is 22.7 Å². The molecule has 7 heteroatoms. The van der Waals surface area contributed by atoms with Crippen molar-refractivity contribution in [3.05, 3.63) is 71.3 Å². The van der Waals surface area contributed by atoms with E-state index in [2.05, 4.69) is 5.32 Å². The summed E-state index contributed by atoms with van der Waals surface area (Å²) in [5.41, 5.74) is 3.50. The third kappa shape index (κ3) is 4.41. The van der Waals surface area contributed by atoms with Crippen LogP contribution in [-0.2, 0) is 4.79 Å². The van der Waals surface area contributed by atoms with Crippen LogP contribution in [-0.4, -0.2) is 26.1 Å². The van der Waals surface area contributed by atoms with Gasteiger partial charge >= 0.3 is 0 Å². The zero-order valence-electron chi connectivity index (χ0n) is 16.0. The highest BCUT2D eigenvalue weighted by Crippen LogP contribution is 2.31. The van der Waals surface area contributed by atoms with Gasteiger partial charge < -0.3 is 10.1 Å². The van der Waals surface area contributed by atoms with E-state index in [1.807, 2.05) is 85.4 Å². The molecule has 3 aromatic rings. The number of nitrogens with zero attached hydrogens (tertiary/aromatic N) is 2. The first-order chi connectivity index (χ1) is 14.0. The topological polar surface area (TPSA) is 56.1 Å². The van der Waals surface area contributed by atoms with Crippen LogP contribution in [0.1, 0.15) is 19.4 Å². The highest BCUT2D eigenvalue weighted by Gasteiger charge is 2.23. The number of thioether (sulfide) groups is 1. The lowest BCUT2D eigenvalue weighted by atomic mass is 10.1. The number of benzene rings is 2. The van der Waals surface area contributed by atoms with E-state index in [0.717, 1.165) is 28.3 Å². The normalized spacial score (nSPS) is 15.2. The van der Waals surface area contributed by atoms with Gasteiger partial charge in [0, 0.05) is 17.3 Å². The number of carbonyl (C=O) groups is 1. The van der Waals surface area contributed by atoms with Crippen LogP contribution in [0.3, 0.4) is 0 Å². The van der Waals surface area contributed by atoms with Gasteiger partial charge in [0.15, 0.2) is 0 Å². The summed E-state index contributed by atoms with van der Waals surface area (Å²) < 4.78 is 8.02. The van der Waals surface area contributed by atoms with E-state index in [0.29, 0.717) is 9.23 Å². The molecule has 1 aliphatic heterocycles. The van der Waals surface area contributed by atoms with Gasteiger partial charge in [0.1, 0.15) is 10.1 Å². The molecule has 1 fully saturated rings. The third-order valence-corrected chi connectivity index (χ3v) is 5.35. The summed E-state index contributed by atoms with van der Waals surface area (Å²) in [6.07, 6.45) is 3.87. The second-order valence-electron chi connectivity index (χ2n) is 6.76. The van der Waals surface area contributed by atoms with Gasteiger partial charge in [0.05, 0.1) is 22.4 Å². The highest BCUT2D eigenvalue weighted by atomic mass is 32.2. The molecule has 0 saturated carbocycles. The Morgan fingerprint density at radius 3 is 2.48 bits per heavy atom.